The molecule has 112 valence electrons. The van der Waals surface area contributed by atoms with E-state index in [0.29, 0.717) is 6.16 Å². The largest absolute Gasteiger partial charge is 0.417 e. The third-order valence-corrected chi connectivity index (χ3v) is 5.90. The number of halogens is 4. The number of alkyl halides is 3. The lowest BCUT2D eigenvalue weighted by Crippen LogP contribution is -2.19. The number of rotatable bonds is 0. The van der Waals surface area contributed by atoms with Crippen molar-refractivity contribution in [3.8, 4) is 0 Å². The minimum absolute atomic E-state index is 0.00564. The molecule has 0 N–H and O–H groups in total. The SMILES string of the molecule is CP1(=O)CCc2nc3cccc(F)c3c(C(F)(F)F)c2C1. The van der Waals surface area contributed by atoms with Crippen LogP contribution in [0.15, 0.2) is 18.2 Å². The van der Waals surface area contributed by atoms with Crippen molar-refractivity contribution in [1.29, 1.82) is 0 Å². The third-order valence-electron chi connectivity index (χ3n) is 3.74. The van der Waals surface area contributed by atoms with Crippen molar-refractivity contribution in [3.63, 3.8) is 0 Å². The van der Waals surface area contributed by atoms with Gasteiger partial charge >= 0.3 is 6.18 Å². The van der Waals surface area contributed by atoms with E-state index in [1.165, 1.54) is 18.8 Å². The van der Waals surface area contributed by atoms with Crippen LogP contribution in [0, 0.1) is 5.82 Å². The summed E-state index contributed by atoms with van der Waals surface area (Å²) in [6, 6.07) is 3.69. The molecule has 1 unspecified atom stereocenters. The zero-order valence-corrected chi connectivity index (χ0v) is 12.1. The Morgan fingerprint density at radius 1 is 1.29 bits per heavy atom. The monoisotopic (exact) mass is 317 g/mol. The van der Waals surface area contributed by atoms with E-state index in [9.17, 15) is 22.1 Å². The first-order chi connectivity index (χ1) is 9.69. The quantitative estimate of drug-likeness (QED) is 0.531. The van der Waals surface area contributed by atoms with Gasteiger partial charge in [0, 0.05) is 23.4 Å². The molecule has 3 rings (SSSR count). The molecule has 0 amide bonds. The molecule has 2 nitrogen and oxygen atoms in total. The first-order valence-corrected chi connectivity index (χ1v) is 8.94. The number of aromatic nitrogens is 1. The van der Waals surface area contributed by atoms with E-state index in [0.717, 1.165) is 6.07 Å². The number of hydrogen-bond acceptors (Lipinski definition) is 2. The second-order valence-electron chi connectivity index (χ2n) is 5.47. The van der Waals surface area contributed by atoms with Gasteiger partial charge in [-0.1, -0.05) is 6.07 Å². The van der Waals surface area contributed by atoms with Crippen molar-refractivity contribution in [2.24, 2.45) is 0 Å². The molecule has 2 heterocycles. The van der Waals surface area contributed by atoms with Gasteiger partial charge in [-0.15, -0.1) is 0 Å². The summed E-state index contributed by atoms with van der Waals surface area (Å²) in [6.07, 6.45) is -4.30. The molecule has 1 aromatic carbocycles. The van der Waals surface area contributed by atoms with Crippen molar-refractivity contribution in [2.75, 3.05) is 12.8 Å². The van der Waals surface area contributed by atoms with Gasteiger partial charge in [0.05, 0.1) is 18.2 Å². The Bertz CT molecular complexity index is 785. The highest BCUT2D eigenvalue weighted by Crippen LogP contribution is 2.52. The van der Waals surface area contributed by atoms with Gasteiger partial charge in [-0.3, -0.25) is 4.98 Å². The van der Waals surface area contributed by atoms with Crippen molar-refractivity contribution in [1.82, 2.24) is 4.98 Å². The maximum Gasteiger partial charge on any atom is 0.417 e. The van der Waals surface area contributed by atoms with Gasteiger partial charge in [-0.2, -0.15) is 13.2 Å². The van der Waals surface area contributed by atoms with E-state index in [1.807, 2.05) is 0 Å². The Kier molecular flexibility index (Phi) is 3.14. The van der Waals surface area contributed by atoms with Gasteiger partial charge in [0.15, 0.2) is 0 Å². The summed E-state index contributed by atoms with van der Waals surface area (Å²) in [5.41, 5.74) is -0.831. The highest BCUT2D eigenvalue weighted by Gasteiger charge is 2.40. The third kappa shape index (κ3) is 2.46. The van der Waals surface area contributed by atoms with E-state index >= 15 is 0 Å². The van der Waals surface area contributed by atoms with Gasteiger partial charge in [0.1, 0.15) is 5.82 Å². The average Bonchev–Trinajstić information content (AvgIpc) is 2.35. The molecule has 0 fully saturated rings. The van der Waals surface area contributed by atoms with Gasteiger partial charge in [0.25, 0.3) is 0 Å². The normalized spacial score (nSPS) is 22.3. The number of fused-ring (bicyclic) bond motifs is 2. The molecule has 0 radical (unpaired) electrons. The summed E-state index contributed by atoms with van der Waals surface area (Å²) in [6.45, 7) is 1.49. The minimum Gasteiger partial charge on any atom is -0.323 e. The van der Waals surface area contributed by atoms with E-state index < -0.39 is 30.1 Å². The lowest BCUT2D eigenvalue weighted by molar-refractivity contribution is -0.137. The first kappa shape index (κ1) is 14.5. The van der Waals surface area contributed by atoms with Crippen LogP contribution in [0.4, 0.5) is 17.6 Å². The Balaban J connectivity index is 2.44. The van der Waals surface area contributed by atoms with Crippen LogP contribution in [0.1, 0.15) is 16.8 Å². The molecule has 0 saturated heterocycles. The van der Waals surface area contributed by atoms with Crippen molar-refractivity contribution >= 4 is 18.0 Å². The van der Waals surface area contributed by atoms with Crippen molar-refractivity contribution in [2.45, 2.75) is 18.8 Å². The predicted molar refractivity (Wildman–Crippen MR) is 72.5 cm³/mol. The summed E-state index contributed by atoms with van der Waals surface area (Å²) in [7, 11) is -2.67. The topological polar surface area (TPSA) is 30.0 Å². The molecule has 1 aromatic heterocycles. The Morgan fingerprint density at radius 2 is 2.00 bits per heavy atom. The van der Waals surface area contributed by atoms with Crippen LogP contribution in [0.25, 0.3) is 10.9 Å². The lowest BCUT2D eigenvalue weighted by atomic mass is 9.99. The van der Waals surface area contributed by atoms with Crippen LogP contribution in [0.5, 0.6) is 0 Å². The predicted octanol–water partition coefficient (Wildman–Crippen LogP) is 4.44. The highest BCUT2D eigenvalue weighted by molar-refractivity contribution is 7.62. The van der Waals surface area contributed by atoms with Crippen LogP contribution < -0.4 is 0 Å². The number of hydrogen-bond donors (Lipinski definition) is 0. The maximum absolute atomic E-state index is 13.9. The zero-order chi connectivity index (χ0) is 15.4. The van der Waals surface area contributed by atoms with Crippen LogP contribution in [0.2, 0.25) is 0 Å². The van der Waals surface area contributed by atoms with Crippen LogP contribution in [-0.4, -0.2) is 17.8 Å². The minimum atomic E-state index is -4.70. The van der Waals surface area contributed by atoms with E-state index in [2.05, 4.69) is 4.98 Å². The molecule has 0 aliphatic carbocycles. The fourth-order valence-corrected chi connectivity index (χ4v) is 4.66. The van der Waals surface area contributed by atoms with Crippen molar-refractivity contribution in [3.05, 3.63) is 40.8 Å². The van der Waals surface area contributed by atoms with Crippen LogP contribution >= 0.6 is 7.14 Å². The van der Waals surface area contributed by atoms with Gasteiger partial charge in [-0.05, 0) is 30.8 Å². The molecule has 21 heavy (non-hydrogen) atoms. The second kappa shape index (κ2) is 4.54. The van der Waals surface area contributed by atoms with E-state index in [-0.39, 0.29) is 29.4 Å². The van der Waals surface area contributed by atoms with Gasteiger partial charge in [-0.25, -0.2) is 4.39 Å². The molecule has 7 heteroatoms. The van der Waals surface area contributed by atoms with E-state index in [1.54, 1.807) is 0 Å². The molecule has 0 spiro atoms. The molecule has 0 saturated carbocycles. The Morgan fingerprint density at radius 3 is 2.67 bits per heavy atom. The fourth-order valence-electron chi connectivity index (χ4n) is 2.81. The summed E-state index contributed by atoms with van der Waals surface area (Å²) >= 11 is 0. The number of nitrogens with zero attached hydrogens (tertiary/aromatic N) is 1. The molecular formula is C14H12F4NOP. The smallest absolute Gasteiger partial charge is 0.323 e. The van der Waals surface area contributed by atoms with Crippen LogP contribution in [0.3, 0.4) is 0 Å². The second-order valence-corrected chi connectivity index (χ2v) is 8.83. The maximum atomic E-state index is 13.9. The Labute approximate surface area is 118 Å². The molecular weight excluding hydrogens is 305 g/mol. The molecule has 0 bridgehead atoms. The number of pyridine rings is 1. The molecule has 1 aliphatic heterocycles. The lowest BCUT2D eigenvalue weighted by Gasteiger charge is -2.26. The fraction of sp³-hybridized carbons (Fsp3) is 0.357. The number of benzene rings is 1. The summed E-state index contributed by atoms with van der Waals surface area (Å²) in [4.78, 5) is 4.16. The molecule has 1 aliphatic rings. The standard InChI is InChI=1S/C14H12F4NOP/c1-21(20)6-5-10-8(7-21)13(14(16,17)18)12-9(15)3-2-4-11(12)19-10/h2-4H,5-7H2,1H3. The van der Waals surface area contributed by atoms with Gasteiger partial charge in [0.2, 0.25) is 0 Å². The summed E-state index contributed by atoms with van der Waals surface area (Å²) in [5.74, 6) is -0.952. The van der Waals surface area contributed by atoms with E-state index in [4.69, 9.17) is 0 Å². The van der Waals surface area contributed by atoms with Crippen LogP contribution in [-0.2, 0) is 23.3 Å². The summed E-state index contributed by atoms with van der Waals surface area (Å²) < 4.78 is 66.5. The first-order valence-electron chi connectivity index (χ1n) is 6.42. The summed E-state index contributed by atoms with van der Waals surface area (Å²) in [5, 5.41) is -0.523. The molecule has 2 aromatic rings. The Hall–Kier alpha value is -1.42. The van der Waals surface area contributed by atoms with Crippen molar-refractivity contribution < 1.29 is 22.1 Å². The highest BCUT2D eigenvalue weighted by atomic mass is 31.2. The number of aryl methyl sites for hydroxylation is 1. The van der Waals surface area contributed by atoms with Gasteiger partial charge < -0.3 is 4.57 Å². The zero-order valence-electron chi connectivity index (χ0n) is 11.2. The molecule has 1 atom stereocenters. The average molecular weight is 317 g/mol.